The van der Waals surface area contributed by atoms with Crippen LogP contribution < -0.4 is 16.1 Å². The van der Waals surface area contributed by atoms with Crippen LogP contribution in [0.25, 0.3) is 33.6 Å². The molecule has 9 heteroatoms. The molecule has 1 aliphatic rings. The molecule has 2 aromatic carbocycles. The van der Waals surface area contributed by atoms with Gasteiger partial charge in [0.1, 0.15) is 5.82 Å². The molecular formula is C33H33N5O4. The molecule has 0 bridgehead atoms. The zero-order valence-corrected chi connectivity index (χ0v) is 23.8. The number of H-pyrrole nitrogens is 1. The molecule has 0 radical (unpaired) electrons. The molecule has 9 nitrogen and oxygen atoms in total. The summed E-state index contributed by atoms with van der Waals surface area (Å²) in [6.07, 6.45) is 6.38. The second-order valence-electron chi connectivity index (χ2n) is 10.7. The Morgan fingerprint density at radius 1 is 0.976 bits per heavy atom. The van der Waals surface area contributed by atoms with Gasteiger partial charge in [-0.2, -0.15) is 0 Å². The Balaban J connectivity index is 1.32. The van der Waals surface area contributed by atoms with Gasteiger partial charge in [0.2, 0.25) is 5.88 Å². The lowest BCUT2D eigenvalue weighted by molar-refractivity contribution is 0.288. The van der Waals surface area contributed by atoms with Gasteiger partial charge >= 0.3 is 5.76 Å². The number of hydrogen-bond donors (Lipinski definition) is 1. The van der Waals surface area contributed by atoms with Crippen molar-refractivity contribution in [2.45, 2.75) is 52.5 Å². The Labute approximate surface area is 243 Å². The first-order valence-corrected chi connectivity index (χ1v) is 14.5. The van der Waals surface area contributed by atoms with Crippen LogP contribution in [0.4, 0.5) is 0 Å². The Kier molecular flexibility index (Phi) is 7.81. The Morgan fingerprint density at radius 3 is 2.38 bits per heavy atom. The normalized spacial score (nSPS) is 12.9. The van der Waals surface area contributed by atoms with Crippen molar-refractivity contribution in [3.05, 3.63) is 105 Å². The number of aromatic amines is 1. The first-order chi connectivity index (χ1) is 20.5. The molecule has 5 aromatic rings. The predicted molar refractivity (Wildman–Crippen MR) is 160 cm³/mol. The van der Waals surface area contributed by atoms with Crippen LogP contribution in [-0.2, 0) is 19.4 Å². The monoisotopic (exact) mass is 563 g/mol. The summed E-state index contributed by atoms with van der Waals surface area (Å²) < 4.78 is 12.3. The maximum Gasteiger partial charge on any atom is 0.439 e. The van der Waals surface area contributed by atoms with Crippen molar-refractivity contribution >= 4 is 0 Å². The van der Waals surface area contributed by atoms with Gasteiger partial charge < -0.3 is 4.74 Å². The molecule has 6 rings (SSSR count). The highest BCUT2D eigenvalue weighted by Gasteiger charge is 2.22. The molecule has 1 fully saturated rings. The molecule has 42 heavy (non-hydrogen) atoms. The third-order valence-corrected chi connectivity index (χ3v) is 7.55. The average molecular weight is 564 g/mol. The lowest BCUT2D eigenvalue weighted by atomic mass is 9.98. The average Bonchev–Trinajstić information content (AvgIpc) is 3.76. The summed E-state index contributed by atoms with van der Waals surface area (Å²) in [6.45, 7) is 5.20. The molecule has 0 aliphatic heterocycles. The third-order valence-electron chi connectivity index (χ3n) is 7.55. The molecule has 1 aliphatic carbocycles. The first kappa shape index (κ1) is 27.4. The van der Waals surface area contributed by atoms with Crippen molar-refractivity contribution < 1.29 is 9.26 Å². The lowest BCUT2D eigenvalue weighted by Crippen LogP contribution is -2.29. The van der Waals surface area contributed by atoms with Crippen molar-refractivity contribution in [2.24, 2.45) is 5.92 Å². The fourth-order valence-corrected chi connectivity index (χ4v) is 5.13. The van der Waals surface area contributed by atoms with Crippen LogP contribution in [0.3, 0.4) is 0 Å². The van der Waals surface area contributed by atoms with E-state index in [-0.39, 0.29) is 5.56 Å². The smallest absolute Gasteiger partial charge is 0.439 e. The van der Waals surface area contributed by atoms with E-state index < -0.39 is 5.76 Å². The van der Waals surface area contributed by atoms with E-state index >= 15 is 0 Å². The minimum absolute atomic E-state index is 0.0665. The molecule has 3 heterocycles. The molecule has 214 valence electrons. The maximum atomic E-state index is 14.1. The van der Waals surface area contributed by atoms with E-state index in [0.29, 0.717) is 49.2 Å². The molecule has 0 amide bonds. The number of nitrogens with zero attached hydrogens (tertiary/aromatic N) is 4. The van der Waals surface area contributed by atoms with Crippen LogP contribution in [0.1, 0.15) is 50.2 Å². The summed E-state index contributed by atoms with van der Waals surface area (Å²) in [4.78, 5) is 37.7. The molecule has 1 N–H and O–H groups in total. The van der Waals surface area contributed by atoms with Crippen LogP contribution in [0.2, 0.25) is 0 Å². The molecule has 1 saturated carbocycles. The zero-order chi connectivity index (χ0) is 29.1. The van der Waals surface area contributed by atoms with Gasteiger partial charge in [-0.15, -0.1) is 0 Å². The van der Waals surface area contributed by atoms with Crippen molar-refractivity contribution in [1.82, 2.24) is 24.7 Å². The molecule has 3 aromatic heterocycles. The Morgan fingerprint density at radius 2 is 1.74 bits per heavy atom. The molecule has 0 spiro atoms. The third kappa shape index (κ3) is 5.81. The van der Waals surface area contributed by atoms with Crippen LogP contribution in [0.15, 0.2) is 81.0 Å². The highest BCUT2D eigenvalue weighted by atomic mass is 16.5. The van der Waals surface area contributed by atoms with Crippen molar-refractivity contribution in [3.8, 4) is 39.5 Å². The van der Waals surface area contributed by atoms with Crippen molar-refractivity contribution in [1.29, 1.82) is 0 Å². The quantitative estimate of drug-likeness (QED) is 0.220. The second kappa shape index (κ2) is 12.0. The Bertz CT molecular complexity index is 1800. The number of aryl methyl sites for hydroxylation is 2. The van der Waals surface area contributed by atoms with E-state index in [4.69, 9.17) is 14.2 Å². The fraction of sp³-hybridized carbons (Fsp3) is 0.303. The maximum absolute atomic E-state index is 14.1. The van der Waals surface area contributed by atoms with E-state index in [1.165, 1.54) is 12.8 Å². The van der Waals surface area contributed by atoms with E-state index in [1.807, 2.05) is 67.6 Å². The number of pyridine rings is 1. The van der Waals surface area contributed by atoms with Crippen LogP contribution >= 0.6 is 0 Å². The summed E-state index contributed by atoms with van der Waals surface area (Å²) in [7, 11) is 0. The highest BCUT2D eigenvalue weighted by molar-refractivity contribution is 5.80. The molecule has 0 unspecified atom stereocenters. The van der Waals surface area contributed by atoms with E-state index in [1.54, 1.807) is 10.8 Å². The Hall–Kier alpha value is -4.79. The first-order valence-electron chi connectivity index (χ1n) is 14.5. The van der Waals surface area contributed by atoms with Gasteiger partial charge in [-0.05, 0) is 54.4 Å². The summed E-state index contributed by atoms with van der Waals surface area (Å²) in [5, 5.41) is 3.85. The summed E-state index contributed by atoms with van der Waals surface area (Å²) in [6, 6.07) is 19.5. The number of nitrogens with one attached hydrogen (secondary N) is 1. The number of hydrogen-bond acceptors (Lipinski definition) is 7. The van der Waals surface area contributed by atoms with Gasteiger partial charge in [-0.25, -0.2) is 14.8 Å². The lowest BCUT2D eigenvalue weighted by Gasteiger charge is -2.17. The molecular weight excluding hydrogens is 530 g/mol. The minimum Gasteiger partial charge on any atom is -0.477 e. The van der Waals surface area contributed by atoms with Crippen LogP contribution in [0.5, 0.6) is 5.88 Å². The second-order valence-corrected chi connectivity index (χ2v) is 10.7. The van der Waals surface area contributed by atoms with Gasteiger partial charge in [0.25, 0.3) is 5.56 Å². The molecule has 0 atom stereocenters. The standard InChI is InChI=1S/C33H33N5O4/c1-3-7-28-35-27(4-2)30(24-16-17-29(34-18-24)41-20-22-10-11-22)32(39)38(28)19-21-12-14-23(15-13-21)25-8-5-6-9-26(25)31-36-33(40)42-37-31/h5-6,8-9,12-18,22H,3-4,7,10-11,19-20H2,1-2H3,(H,36,37,40). The predicted octanol–water partition coefficient (Wildman–Crippen LogP) is 5.67. The summed E-state index contributed by atoms with van der Waals surface area (Å²) in [5.41, 5.74) is 5.65. The zero-order valence-electron chi connectivity index (χ0n) is 23.8. The van der Waals surface area contributed by atoms with E-state index in [9.17, 15) is 9.59 Å². The minimum atomic E-state index is -0.598. The highest BCUT2D eigenvalue weighted by Crippen LogP contribution is 2.31. The van der Waals surface area contributed by atoms with Gasteiger partial charge in [-0.1, -0.05) is 67.5 Å². The largest absolute Gasteiger partial charge is 0.477 e. The number of rotatable bonds is 11. The van der Waals surface area contributed by atoms with Crippen LogP contribution in [-0.4, -0.2) is 31.3 Å². The van der Waals surface area contributed by atoms with Gasteiger partial charge in [-0.3, -0.25) is 18.9 Å². The van der Waals surface area contributed by atoms with Crippen LogP contribution in [0, 0.1) is 5.92 Å². The number of benzene rings is 2. The van der Waals surface area contributed by atoms with E-state index in [2.05, 4.69) is 22.0 Å². The SMILES string of the molecule is CCCc1nc(CC)c(-c2ccc(OCC3CC3)nc2)c(=O)n1Cc1ccc(-c2ccccc2-c2noc(=O)[nH]2)cc1. The topological polar surface area (TPSA) is 116 Å². The van der Waals surface area contributed by atoms with Crippen molar-refractivity contribution in [3.63, 3.8) is 0 Å². The van der Waals surface area contributed by atoms with Gasteiger partial charge in [0.05, 0.1) is 24.4 Å². The number of ether oxygens (including phenoxy) is 1. The molecule has 0 saturated heterocycles. The van der Waals surface area contributed by atoms with Gasteiger partial charge in [0, 0.05) is 29.8 Å². The van der Waals surface area contributed by atoms with Crippen molar-refractivity contribution in [2.75, 3.05) is 6.61 Å². The number of aromatic nitrogens is 5. The van der Waals surface area contributed by atoms with E-state index in [0.717, 1.165) is 45.8 Å². The summed E-state index contributed by atoms with van der Waals surface area (Å²) in [5.74, 6) is 1.78. The fourth-order valence-electron chi connectivity index (χ4n) is 5.13. The van der Waals surface area contributed by atoms with Gasteiger partial charge in [0.15, 0.2) is 5.82 Å². The summed E-state index contributed by atoms with van der Waals surface area (Å²) >= 11 is 0.